The molecule has 3 aromatic rings. The molecule has 7 heteroatoms. The highest BCUT2D eigenvalue weighted by molar-refractivity contribution is 9.10. The molecule has 0 spiro atoms. The number of carbonyl (C=O) groups is 1. The van der Waals surface area contributed by atoms with E-state index in [2.05, 4.69) is 31.3 Å². The van der Waals surface area contributed by atoms with E-state index < -0.39 is 0 Å². The smallest absolute Gasteiger partial charge is 0.276 e. The number of aryl methyl sites for hydroxylation is 1. The van der Waals surface area contributed by atoms with E-state index >= 15 is 0 Å². The molecule has 5 nitrogen and oxygen atoms in total. The molecule has 2 heterocycles. The Bertz CT molecular complexity index is 844. The second-order valence-electron chi connectivity index (χ2n) is 4.87. The number of aromatic nitrogens is 3. The summed E-state index contributed by atoms with van der Waals surface area (Å²) in [6.07, 6.45) is 1.55. The molecule has 23 heavy (non-hydrogen) atoms. The van der Waals surface area contributed by atoms with Crippen molar-refractivity contribution in [1.82, 2.24) is 14.8 Å². The Labute approximate surface area is 140 Å². The highest BCUT2D eigenvalue weighted by atomic mass is 79.9. The second-order valence-corrected chi connectivity index (χ2v) is 5.68. The fraction of sp³-hybridized carbons (Fsp3) is 0.0625. The van der Waals surface area contributed by atoms with Crippen molar-refractivity contribution in [3.63, 3.8) is 0 Å². The Kier molecular flexibility index (Phi) is 4.20. The standard InChI is InChI=1S/C16H12BrFN4O/c1-22-14(10-2-4-11(18)5-3-10)8-13(21-22)16(23)20-12-6-7-15(17)19-9-12/h2-9H,1H3,(H,20,23). The molecule has 0 aliphatic rings. The molecule has 1 N–H and O–H groups in total. The number of nitrogens with one attached hydrogen (secondary N) is 1. The van der Waals surface area contributed by atoms with E-state index in [0.29, 0.717) is 10.3 Å². The fourth-order valence-corrected chi connectivity index (χ4v) is 2.35. The quantitative estimate of drug-likeness (QED) is 0.712. The number of halogens is 2. The fourth-order valence-electron chi connectivity index (χ4n) is 2.11. The number of pyridine rings is 1. The second kappa shape index (κ2) is 6.29. The first-order valence-corrected chi connectivity index (χ1v) is 7.55. The van der Waals surface area contributed by atoms with Gasteiger partial charge in [-0.2, -0.15) is 5.10 Å². The van der Waals surface area contributed by atoms with Crippen LogP contribution in [0.2, 0.25) is 0 Å². The molecule has 0 aliphatic heterocycles. The van der Waals surface area contributed by atoms with Gasteiger partial charge in [-0.05, 0) is 64.0 Å². The van der Waals surface area contributed by atoms with Crippen molar-refractivity contribution in [2.24, 2.45) is 7.05 Å². The minimum Gasteiger partial charge on any atom is -0.319 e. The van der Waals surface area contributed by atoms with Crippen LogP contribution in [0, 0.1) is 5.82 Å². The zero-order valence-corrected chi connectivity index (χ0v) is 13.7. The van der Waals surface area contributed by atoms with E-state index in [1.54, 1.807) is 48.3 Å². The molecule has 0 saturated heterocycles. The van der Waals surface area contributed by atoms with Crippen LogP contribution in [0.4, 0.5) is 10.1 Å². The van der Waals surface area contributed by atoms with Crippen LogP contribution in [0.15, 0.2) is 53.3 Å². The first kappa shape index (κ1) is 15.4. The summed E-state index contributed by atoms with van der Waals surface area (Å²) in [7, 11) is 1.73. The van der Waals surface area contributed by atoms with Gasteiger partial charge in [-0.3, -0.25) is 9.48 Å². The Hall–Kier alpha value is -2.54. The summed E-state index contributed by atoms with van der Waals surface area (Å²) in [6.45, 7) is 0. The number of nitrogens with zero attached hydrogens (tertiary/aromatic N) is 3. The van der Waals surface area contributed by atoms with Crippen LogP contribution in [0.25, 0.3) is 11.3 Å². The maximum absolute atomic E-state index is 13.0. The molecule has 1 amide bonds. The van der Waals surface area contributed by atoms with Gasteiger partial charge in [0.25, 0.3) is 5.91 Å². The third kappa shape index (κ3) is 3.45. The van der Waals surface area contributed by atoms with Crippen LogP contribution in [-0.4, -0.2) is 20.7 Å². The summed E-state index contributed by atoms with van der Waals surface area (Å²) < 4.78 is 15.3. The molecule has 3 rings (SSSR count). The summed E-state index contributed by atoms with van der Waals surface area (Å²) in [6, 6.07) is 11.2. The third-order valence-corrected chi connectivity index (χ3v) is 3.71. The summed E-state index contributed by atoms with van der Waals surface area (Å²) in [4.78, 5) is 16.3. The van der Waals surface area contributed by atoms with Crippen LogP contribution in [-0.2, 0) is 7.05 Å². The lowest BCUT2D eigenvalue weighted by Crippen LogP contribution is -2.13. The van der Waals surface area contributed by atoms with Crippen molar-refractivity contribution in [3.8, 4) is 11.3 Å². The molecule has 0 aliphatic carbocycles. The van der Waals surface area contributed by atoms with Gasteiger partial charge in [0.1, 0.15) is 10.4 Å². The van der Waals surface area contributed by atoms with Crippen molar-refractivity contribution < 1.29 is 9.18 Å². The predicted molar refractivity (Wildman–Crippen MR) is 88.5 cm³/mol. The predicted octanol–water partition coefficient (Wildman–Crippen LogP) is 3.64. The minimum atomic E-state index is -0.335. The maximum Gasteiger partial charge on any atom is 0.276 e. The Morgan fingerprint density at radius 1 is 1.22 bits per heavy atom. The van der Waals surface area contributed by atoms with Crippen molar-refractivity contribution in [2.75, 3.05) is 5.32 Å². The SMILES string of the molecule is Cn1nc(C(=O)Nc2ccc(Br)nc2)cc1-c1ccc(F)cc1. The Balaban J connectivity index is 1.83. The molecule has 0 fully saturated rings. The summed E-state index contributed by atoms with van der Waals surface area (Å²) in [5.74, 6) is -0.644. The molecule has 1 aromatic carbocycles. The molecule has 0 bridgehead atoms. The van der Waals surface area contributed by atoms with E-state index in [-0.39, 0.29) is 17.4 Å². The number of anilines is 1. The normalized spacial score (nSPS) is 10.6. The van der Waals surface area contributed by atoms with E-state index in [9.17, 15) is 9.18 Å². The van der Waals surface area contributed by atoms with Crippen LogP contribution >= 0.6 is 15.9 Å². The number of benzene rings is 1. The van der Waals surface area contributed by atoms with Crippen molar-refractivity contribution >= 4 is 27.5 Å². The highest BCUT2D eigenvalue weighted by Crippen LogP contribution is 2.21. The summed E-state index contributed by atoms with van der Waals surface area (Å²) in [5, 5.41) is 6.93. The number of hydrogen-bond acceptors (Lipinski definition) is 3. The first-order valence-electron chi connectivity index (χ1n) is 6.76. The van der Waals surface area contributed by atoms with E-state index in [4.69, 9.17) is 0 Å². The Morgan fingerprint density at radius 3 is 2.61 bits per heavy atom. The molecule has 116 valence electrons. The zero-order chi connectivity index (χ0) is 16.4. The lowest BCUT2D eigenvalue weighted by atomic mass is 10.1. The van der Waals surface area contributed by atoms with Gasteiger partial charge in [0.15, 0.2) is 5.69 Å². The van der Waals surface area contributed by atoms with Crippen LogP contribution in [0.1, 0.15) is 10.5 Å². The molecule has 0 radical (unpaired) electrons. The van der Waals surface area contributed by atoms with Gasteiger partial charge in [0.2, 0.25) is 0 Å². The number of rotatable bonds is 3. The summed E-state index contributed by atoms with van der Waals surface area (Å²) in [5.41, 5.74) is 2.36. The Morgan fingerprint density at radius 2 is 1.96 bits per heavy atom. The van der Waals surface area contributed by atoms with Gasteiger partial charge in [-0.15, -0.1) is 0 Å². The van der Waals surface area contributed by atoms with Crippen molar-refractivity contribution in [1.29, 1.82) is 0 Å². The lowest BCUT2D eigenvalue weighted by Gasteiger charge is -2.01. The van der Waals surface area contributed by atoms with Gasteiger partial charge in [0, 0.05) is 7.05 Å². The number of amides is 1. The van der Waals surface area contributed by atoms with Gasteiger partial charge < -0.3 is 5.32 Å². The van der Waals surface area contributed by atoms with Crippen molar-refractivity contribution in [2.45, 2.75) is 0 Å². The lowest BCUT2D eigenvalue weighted by molar-refractivity contribution is 0.102. The van der Waals surface area contributed by atoms with E-state index in [1.165, 1.54) is 12.1 Å². The molecular formula is C16H12BrFN4O. The van der Waals surface area contributed by atoms with Gasteiger partial charge in [-0.25, -0.2) is 9.37 Å². The molecular weight excluding hydrogens is 363 g/mol. The highest BCUT2D eigenvalue weighted by Gasteiger charge is 2.14. The largest absolute Gasteiger partial charge is 0.319 e. The maximum atomic E-state index is 13.0. The average Bonchev–Trinajstić information content (AvgIpc) is 2.92. The monoisotopic (exact) mass is 374 g/mol. The topological polar surface area (TPSA) is 59.8 Å². The first-order chi connectivity index (χ1) is 11.0. The molecule has 2 aromatic heterocycles. The van der Waals surface area contributed by atoms with Crippen molar-refractivity contribution in [3.05, 3.63) is 64.8 Å². The number of hydrogen-bond donors (Lipinski definition) is 1. The molecule has 0 unspecified atom stereocenters. The average molecular weight is 375 g/mol. The minimum absolute atomic E-state index is 0.273. The van der Waals surface area contributed by atoms with Crippen LogP contribution < -0.4 is 5.32 Å². The van der Waals surface area contributed by atoms with E-state index in [0.717, 1.165) is 11.3 Å². The summed E-state index contributed by atoms with van der Waals surface area (Å²) >= 11 is 3.23. The van der Waals surface area contributed by atoms with Crippen LogP contribution in [0.3, 0.4) is 0 Å². The van der Waals surface area contributed by atoms with E-state index in [1.807, 2.05) is 0 Å². The molecule has 0 atom stereocenters. The van der Waals surface area contributed by atoms with Crippen LogP contribution in [0.5, 0.6) is 0 Å². The van der Waals surface area contributed by atoms with Gasteiger partial charge in [0.05, 0.1) is 17.6 Å². The zero-order valence-electron chi connectivity index (χ0n) is 12.1. The number of carbonyl (C=O) groups excluding carboxylic acids is 1. The van der Waals surface area contributed by atoms with Gasteiger partial charge >= 0.3 is 0 Å². The third-order valence-electron chi connectivity index (χ3n) is 3.24. The van der Waals surface area contributed by atoms with Gasteiger partial charge in [-0.1, -0.05) is 0 Å². The molecule has 0 saturated carbocycles.